The van der Waals surface area contributed by atoms with Crippen LogP contribution in [0.5, 0.6) is 0 Å². The normalized spacial score (nSPS) is 16.3. The van der Waals surface area contributed by atoms with Crippen LogP contribution in [0.1, 0.15) is 6.04 Å². The lowest BCUT2D eigenvalue weighted by Crippen LogP contribution is -2.43. The standard InChI is InChI=1S/C11H12N4/c1-2-4-9(5-3-1)11-14-13-8-15(11)10-6-12-7-10/h1-5,8,10,12H,6-7H2. The van der Waals surface area contributed by atoms with E-state index >= 15 is 0 Å². The third-order valence-corrected chi connectivity index (χ3v) is 2.76. The highest BCUT2D eigenvalue weighted by Crippen LogP contribution is 2.21. The second-order valence-corrected chi connectivity index (χ2v) is 3.74. The highest BCUT2D eigenvalue weighted by Gasteiger charge is 2.21. The van der Waals surface area contributed by atoms with Gasteiger partial charge in [0.15, 0.2) is 5.82 Å². The second kappa shape index (κ2) is 3.47. The van der Waals surface area contributed by atoms with Crippen molar-refractivity contribution in [2.45, 2.75) is 6.04 Å². The Bertz CT molecular complexity index is 445. The summed E-state index contributed by atoms with van der Waals surface area (Å²) >= 11 is 0. The highest BCUT2D eigenvalue weighted by molar-refractivity contribution is 5.54. The minimum absolute atomic E-state index is 0.509. The first-order valence-corrected chi connectivity index (χ1v) is 5.11. The fourth-order valence-electron chi connectivity index (χ4n) is 1.77. The topological polar surface area (TPSA) is 42.7 Å². The number of hydrogen-bond donors (Lipinski definition) is 1. The van der Waals surface area contributed by atoms with E-state index in [1.807, 2.05) is 24.5 Å². The Balaban J connectivity index is 2.01. The molecule has 4 heteroatoms. The first-order chi connectivity index (χ1) is 7.45. The first-order valence-electron chi connectivity index (χ1n) is 5.11. The number of aromatic nitrogens is 3. The van der Waals surface area contributed by atoms with E-state index in [2.05, 4.69) is 32.2 Å². The molecule has 0 spiro atoms. The summed E-state index contributed by atoms with van der Waals surface area (Å²) in [5, 5.41) is 11.4. The van der Waals surface area contributed by atoms with Gasteiger partial charge in [0.25, 0.3) is 0 Å². The van der Waals surface area contributed by atoms with E-state index < -0.39 is 0 Å². The Kier molecular flexibility index (Phi) is 1.99. The molecule has 76 valence electrons. The fraction of sp³-hybridized carbons (Fsp3) is 0.273. The zero-order valence-electron chi connectivity index (χ0n) is 8.30. The summed E-state index contributed by atoms with van der Waals surface area (Å²) in [4.78, 5) is 0. The Hall–Kier alpha value is -1.68. The van der Waals surface area contributed by atoms with Crippen molar-refractivity contribution in [2.24, 2.45) is 0 Å². The lowest BCUT2D eigenvalue weighted by atomic mass is 10.1. The smallest absolute Gasteiger partial charge is 0.164 e. The molecule has 0 unspecified atom stereocenters. The van der Waals surface area contributed by atoms with Crippen LogP contribution in [-0.4, -0.2) is 27.9 Å². The molecule has 1 aromatic heterocycles. The van der Waals surface area contributed by atoms with E-state index in [0.717, 1.165) is 24.5 Å². The van der Waals surface area contributed by atoms with Gasteiger partial charge in [0, 0.05) is 18.7 Å². The van der Waals surface area contributed by atoms with Crippen LogP contribution in [0, 0.1) is 0 Å². The van der Waals surface area contributed by atoms with Crippen molar-refractivity contribution in [2.75, 3.05) is 13.1 Å². The average molecular weight is 200 g/mol. The van der Waals surface area contributed by atoms with Crippen molar-refractivity contribution in [3.63, 3.8) is 0 Å². The molecule has 1 saturated heterocycles. The maximum absolute atomic E-state index is 4.17. The van der Waals surface area contributed by atoms with Gasteiger partial charge in [0.2, 0.25) is 0 Å². The largest absolute Gasteiger partial charge is 0.313 e. The molecule has 4 nitrogen and oxygen atoms in total. The van der Waals surface area contributed by atoms with Gasteiger partial charge in [-0.05, 0) is 0 Å². The molecule has 15 heavy (non-hydrogen) atoms. The Morgan fingerprint density at radius 1 is 1.20 bits per heavy atom. The molecule has 1 aromatic carbocycles. The van der Waals surface area contributed by atoms with Gasteiger partial charge in [0.05, 0.1) is 6.04 Å². The highest BCUT2D eigenvalue weighted by atomic mass is 15.3. The van der Waals surface area contributed by atoms with Gasteiger partial charge in [-0.3, -0.25) is 0 Å². The molecule has 0 atom stereocenters. The lowest BCUT2D eigenvalue weighted by Gasteiger charge is -2.29. The third-order valence-electron chi connectivity index (χ3n) is 2.76. The molecule has 1 aliphatic rings. The lowest BCUT2D eigenvalue weighted by molar-refractivity contribution is 0.345. The Morgan fingerprint density at radius 2 is 2.00 bits per heavy atom. The Morgan fingerprint density at radius 3 is 2.67 bits per heavy atom. The maximum atomic E-state index is 4.17. The Labute approximate surface area is 88.0 Å². The summed E-state index contributed by atoms with van der Waals surface area (Å²) in [5.41, 5.74) is 1.13. The zero-order chi connectivity index (χ0) is 10.1. The van der Waals surface area contributed by atoms with Crippen LogP contribution < -0.4 is 5.32 Å². The molecule has 1 N–H and O–H groups in total. The molecule has 0 bridgehead atoms. The van der Waals surface area contributed by atoms with E-state index in [4.69, 9.17) is 0 Å². The minimum atomic E-state index is 0.509. The van der Waals surface area contributed by atoms with Gasteiger partial charge in [-0.25, -0.2) is 0 Å². The van der Waals surface area contributed by atoms with Crippen molar-refractivity contribution in [3.8, 4) is 11.4 Å². The molecule has 0 radical (unpaired) electrons. The molecule has 0 saturated carbocycles. The van der Waals surface area contributed by atoms with Gasteiger partial charge in [-0.15, -0.1) is 10.2 Å². The number of nitrogens with one attached hydrogen (secondary N) is 1. The number of hydrogen-bond acceptors (Lipinski definition) is 3. The van der Waals surface area contributed by atoms with Crippen molar-refractivity contribution in [1.29, 1.82) is 0 Å². The van der Waals surface area contributed by atoms with Gasteiger partial charge >= 0.3 is 0 Å². The van der Waals surface area contributed by atoms with E-state index in [1.165, 1.54) is 0 Å². The molecule has 3 rings (SSSR count). The summed E-state index contributed by atoms with van der Waals surface area (Å²) in [6.45, 7) is 2.02. The summed E-state index contributed by atoms with van der Waals surface area (Å²) in [5.74, 6) is 0.960. The van der Waals surface area contributed by atoms with E-state index in [-0.39, 0.29) is 0 Å². The quantitative estimate of drug-likeness (QED) is 0.789. The summed E-state index contributed by atoms with van der Waals surface area (Å²) in [6, 6.07) is 10.7. The third kappa shape index (κ3) is 1.43. The second-order valence-electron chi connectivity index (χ2n) is 3.74. The van der Waals surface area contributed by atoms with Crippen LogP contribution in [-0.2, 0) is 0 Å². The summed E-state index contributed by atoms with van der Waals surface area (Å²) in [7, 11) is 0. The maximum Gasteiger partial charge on any atom is 0.164 e. The summed E-state index contributed by atoms with van der Waals surface area (Å²) < 4.78 is 2.14. The fourth-order valence-corrected chi connectivity index (χ4v) is 1.77. The van der Waals surface area contributed by atoms with Crippen molar-refractivity contribution < 1.29 is 0 Å². The zero-order valence-corrected chi connectivity index (χ0v) is 8.30. The van der Waals surface area contributed by atoms with Gasteiger partial charge < -0.3 is 9.88 Å². The molecule has 1 fully saturated rings. The molecule has 2 aromatic rings. The molecule has 0 amide bonds. The van der Waals surface area contributed by atoms with Crippen molar-refractivity contribution >= 4 is 0 Å². The SMILES string of the molecule is c1ccc(-c2nncn2C2CNC2)cc1. The van der Waals surface area contributed by atoms with E-state index in [1.54, 1.807) is 0 Å². The number of benzene rings is 1. The monoisotopic (exact) mass is 200 g/mol. The average Bonchev–Trinajstić information content (AvgIpc) is 2.65. The minimum Gasteiger partial charge on any atom is -0.313 e. The van der Waals surface area contributed by atoms with Crippen LogP contribution in [0.15, 0.2) is 36.7 Å². The number of nitrogens with zero attached hydrogens (tertiary/aromatic N) is 3. The van der Waals surface area contributed by atoms with E-state index in [0.29, 0.717) is 6.04 Å². The van der Waals surface area contributed by atoms with Crippen LogP contribution in [0.25, 0.3) is 11.4 Å². The predicted molar refractivity (Wildman–Crippen MR) is 57.4 cm³/mol. The predicted octanol–water partition coefficient (Wildman–Crippen LogP) is 1.09. The van der Waals surface area contributed by atoms with Crippen molar-refractivity contribution in [3.05, 3.63) is 36.7 Å². The summed E-state index contributed by atoms with van der Waals surface area (Å²) in [6.07, 6.45) is 1.81. The van der Waals surface area contributed by atoms with Crippen LogP contribution in [0.3, 0.4) is 0 Å². The van der Waals surface area contributed by atoms with Crippen LogP contribution >= 0.6 is 0 Å². The molecular formula is C11H12N4. The molecule has 2 heterocycles. The van der Waals surface area contributed by atoms with E-state index in [9.17, 15) is 0 Å². The van der Waals surface area contributed by atoms with Gasteiger partial charge in [0.1, 0.15) is 6.33 Å². The van der Waals surface area contributed by atoms with Gasteiger partial charge in [-0.1, -0.05) is 30.3 Å². The number of rotatable bonds is 2. The van der Waals surface area contributed by atoms with Crippen LogP contribution in [0.2, 0.25) is 0 Å². The van der Waals surface area contributed by atoms with Gasteiger partial charge in [-0.2, -0.15) is 0 Å². The molecule has 0 aliphatic carbocycles. The molecular weight excluding hydrogens is 188 g/mol. The van der Waals surface area contributed by atoms with Crippen LogP contribution in [0.4, 0.5) is 0 Å². The molecule has 1 aliphatic heterocycles. The van der Waals surface area contributed by atoms with Crippen molar-refractivity contribution in [1.82, 2.24) is 20.1 Å². The first kappa shape index (κ1) is 8.61.